The zero-order valence-corrected chi connectivity index (χ0v) is 19.7. The lowest BCUT2D eigenvalue weighted by atomic mass is 9.85. The fraction of sp³-hybridized carbons (Fsp3) is 0.407. The second-order valence-corrected chi connectivity index (χ2v) is 9.74. The van der Waals surface area contributed by atoms with Crippen molar-refractivity contribution in [3.8, 4) is 0 Å². The summed E-state index contributed by atoms with van der Waals surface area (Å²) in [5.41, 5.74) is 3.97. The third kappa shape index (κ3) is 4.57. The van der Waals surface area contributed by atoms with Crippen LogP contribution in [0.4, 0.5) is 4.39 Å². The number of carbonyl (C=O) groups is 4. The molecule has 7 nitrogen and oxygen atoms in total. The van der Waals surface area contributed by atoms with Gasteiger partial charge in [0.1, 0.15) is 11.9 Å². The number of nitrogens with one attached hydrogen (secondary N) is 1. The largest absolute Gasteiger partial charge is 0.342 e. The van der Waals surface area contributed by atoms with Crippen molar-refractivity contribution in [2.24, 2.45) is 0 Å². The molecular weight excluding hydrogens is 449 g/mol. The van der Waals surface area contributed by atoms with Gasteiger partial charge >= 0.3 is 0 Å². The average molecular weight is 478 g/mol. The van der Waals surface area contributed by atoms with Gasteiger partial charge in [-0.25, -0.2) is 4.39 Å². The summed E-state index contributed by atoms with van der Waals surface area (Å²) in [6.45, 7) is 3.39. The van der Waals surface area contributed by atoms with E-state index in [1.54, 1.807) is 0 Å². The van der Waals surface area contributed by atoms with Crippen LogP contribution in [0.2, 0.25) is 0 Å². The second-order valence-electron chi connectivity index (χ2n) is 9.74. The molecule has 0 radical (unpaired) electrons. The summed E-state index contributed by atoms with van der Waals surface area (Å²) in [6, 6.07) is 9.95. The summed E-state index contributed by atoms with van der Waals surface area (Å²) in [6.07, 6.45) is 2.16. The third-order valence-corrected chi connectivity index (χ3v) is 7.42. The lowest BCUT2D eigenvalue weighted by molar-refractivity contribution is -0.137. The number of benzene rings is 2. The molecule has 182 valence electrons. The summed E-state index contributed by atoms with van der Waals surface area (Å²) in [4.78, 5) is 53.1. The Hall–Kier alpha value is -3.55. The first-order valence-corrected chi connectivity index (χ1v) is 12.1. The summed E-state index contributed by atoms with van der Waals surface area (Å²) in [5.74, 6) is -1.57. The molecule has 0 saturated carbocycles. The maximum absolute atomic E-state index is 14.6. The zero-order valence-electron chi connectivity index (χ0n) is 19.7. The molecule has 5 rings (SSSR count). The van der Waals surface area contributed by atoms with Crippen LogP contribution >= 0.6 is 0 Å². The van der Waals surface area contributed by atoms with Crippen molar-refractivity contribution in [2.75, 3.05) is 13.1 Å². The number of nitrogens with zero attached hydrogens (tertiary/aromatic N) is 2. The van der Waals surface area contributed by atoms with Gasteiger partial charge in [0, 0.05) is 31.6 Å². The summed E-state index contributed by atoms with van der Waals surface area (Å²) in [7, 11) is 0. The highest BCUT2D eigenvalue weighted by atomic mass is 19.1. The smallest absolute Gasteiger partial charge is 0.255 e. The molecule has 3 aliphatic rings. The first-order valence-electron chi connectivity index (χ1n) is 12.1. The predicted molar refractivity (Wildman–Crippen MR) is 126 cm³/mol. The number of hydrogen-bond acceptors (Lipinski definition) is 4. The van der Waals surface area contributed by atoms with Crippen LogP contribution in [0.1, 0.15) is 64.2 Å². The summed E-state index contributed by atoms with van der Waals surface area (Å²) < 4.78 is 14.6. The minimum Gasteiger partial charge on any atom is -0.342 e. The SMILES string of the molecule is Cc1ccc(CC(=O)N2CCC(c3cc(F)cc4c3CN(C3CCC(=O)NC3=O)C4=O)CC2)cc1. The zero-order chi connectivity index (χ0) is 24.7. The minimum absolute atomic E-state index is 0.0254. The summed E-state index contributed by atoms with van der Waals surface area (Å²) in [5, 5.41) is 2.30. The minimum atomic E-state index is -0.732. The molecule has 1 N–H and O–H groups in total. The van der Waals surface area contributed by atoms with E-state index in [0.29, 0.717) is 37.9 Å². The second kappa shape index (κ2) is 9.24. The Labute approximate surface area is 203 Å². The number of halogens is 1. The molecule has 35 heavy (non-hydrogen) atoms. The monoisotopic (exact) mass is 477 g/mol. The number of aryl methyl sites for hydroxylation is 1. The van der Waals surface area contributed by atoms with E-state index < -0.39 is 17.8 Å². The highest BCUT2D eigenvalue weighted by molar-refractivity contribution is 6.05. The highest BCUT2D eigenvalue weighted by Crippen LogP contribution is 2.37. The van der Waals surface area contributed by atoms with Gasteiger partial charge in [-0.15, -0.1) is 0 Å². The lowest BCUT2D eigenvalue weighted by Crippen LogP contribution is -2.52. The third-order valence-electron chi connectivity index (χ3n) is 7.42. The Morgan fingerprint density at radius 3 is 2.46 bits per heavy atom. The number of rotatable bonds is 4. The topological polar surface area (TPSA) is 86.8 Å². The van der Waals surface area contributed by atoms with E-state index in [1.807, 2.05) is 36.1 Å². The number of carbonyl (C=O) groups excluding carboxylic acids is 4. The van der Waals surface area contributed by atoms with E-state index in [9.17, 15) is 23.6 Å². The Morgan fingerprint density at radius 2 is 1.77 bits per heavy atom. The van der Waals surface area contributed by atoms with E-state index in [0.717, 1.165) is 22.3 Å². The van der Waals surface area contributed by atoms with Crippen molar-refractivity contribution in [3.63, 3.8) is 0 Å². The fourth-order valence-electron chi connectivity index (χ4n) is 5.45. The molecule has 4 amide bonds. The summed E-state index contributed by atoms with van der Waals surface area (Å²) >= 11 is 0. The van der Waals surface area contributed by atoms with Crippen molar-refractivity contribution >= 4 is 23.6 Å². The molecule has 2 saturated heterocycles. The van der Waals surface area contributed by atoms with Crippen molar-refractivity contribution in [1.82, 2.24) is 15.1 Å². The van der Waals surface area contributed by atoms with Crippen molar-refractivity contribution in [2.45, 2.75) is 57.5 Å². The van der Waals surface area contributed by atoms with Gasteiger partial charge in [0.05, 0.1) is 6.42 Å². The first kappa shape index (κ1) is 23.2. The fourth-order valence-corrected chi connectivity index (χ4v) is 5.45. The normalized spacial score (nSPS) is 20.7. The quantitative estimate of drug-likeness (QED) is 0.687. The molecule has 1 atom stereocenters. The van der Waals surface area contributed by atoms with Crippen molar-refractivity contribution < 1.29 is 23.6 Å². The molecule has 0 bridgehead atoms. The number of imide groups is 1. The predicted octanol–water partition coefficient (Wildman–Crippen LogP) is 2.84. The standard InChI is InChI=1S/C27H28FN3O4/c1-16-2-4-17(5-3-16)12-25(33)30-10-8-18(9-11-30)20-13-19(28)14-21-22(20)15-31(27(21)35)23-6-7-24(32)29-26(23)34/h2-5,13-14,18,23H,6-12,15H2,1H3,(H,29,32,34). The number of piperidine rings is 2. The van der Waals surface area contributed by atoms with Crippen LogP contribution in [-0.2, 0) is 27.3 Å². The van der Waals surface area contributed by atoms with Crippen molar-refractivity contribution in [1.29, 1.82) is 0 Å². The molecule has 1 unspecified atom stereocenters. The van der Waals surface area contributed by atoms with Crippen LogP contribution in [0.5, 0.6) is 0 Å². The Morgan fingerprint density at radius 1 is 1.06 bits per heavy atom. The van der Waals surface area contributed by atoms with E-state index in [1.165, 1.54) is 17.0 Å². The molecule has 3 heterocycles. The van der Waals surface area contributed by atoms with Crippen LogP contribution in [0.3, 0.4) is 0 Å². The van der Waals surface area contributed by atoms with E-state index in [-0.39, 0.29) is 43.0 Å². The van der Waals surface area contributed by atoms with Crippen molar-refractivity contribution in [3.05, 3.63) is 70.0 Å². The van der Waals surface area contributed by atoms with Crippen LogP contribution in [0.25, 0.3) is 0 Å². The molecule has 0 spiro atoms. The Bertz CT molecular complexity index is 1200. The van der Waals surface area contributed by atoms with Gasteiger partial charge in [-0.3, -0.25) is 24.5 Å². The van der Waals surface area contributed by atoms with Gasteiger partial charge in [-0.05, 0) is 60.9 Å². The molecule has 8 heteroatoms. The average Bonchev–Trinajstić information content (AvgIpc) is 3.16. The lowest BCUT2D eigenvalue weighted by Gasteiger charge is -2.33. The van der Waals surface area contributed by atoms with Gasteiger partial charge in [0.2, 0.25) is 17.7 Å². The number of likely N-dealkylation sites (tertiary alicyclic amines) is 1. The van der Waals surface area contributed by atoms with Gasteiger partial charge in [0.15, 0.2) is 0 Å². The molecule has 3 aliphatic heterocycles. The van der Waals surface area contributed by atoms with E-state index in [4.69, 9.17) is 0 Å². The van der Waals surface area contributed by atoms with Gasteiger partial charge < -0.3 is 9.80 Å². The van der Waals surface area contributed by atoms with Crippen LogP contribution < -0.4 is 5.32 Å². The van der Waals surface area contributed by atoms with Crippen LogP contribution in [0.15, 0.2) is 36.4 Å². The number of fused-ring (bicyclic) bond motifs is 1. The first-order chi connectivity index (χ1) is 16.8. The van der Waals surface area contributed by atoms with Crippen LogP contribution in [0, 0.1) is 12.7 Å². The Kier molecular flexibility index (Phi) is 6.13. The number of amides is 4. The molecule has 2 aromatic carbocycles. The maximum atomic E-state index is 14.6. The highest BCUT2D eigenvalue weighted by Gasteiger charge is 2.41. The maximum Gasteiger partial charge on any atom is 0.255 e. The molecular formula is C27H28FN3O4. The number of hydrogen-bond donors (Lipinski definition) is 1. The Balaban J connectivity index is 1.28. The molecule has 0 aliphatic carbocycles. The van der Waals surface area contributed by atoms with Gasteiger partial charge in [-0.2, -0.15) is 0 Å². The van der Waals surface area contributed by atoms with E-state index >= 15 is 0 Å². The van der Waals surface area contributed by atoms with Gasteiger partial charge in [-0.1, -0.05) is 29.8 Å². The molecule has 2 aromatic rings. The molecule has 2 fully saturated rings. The van der Waals surface area contributed by atoms with Crippen LogP contribution in [-0.4, -0.2) is 52.6 Å². The van der Waals surface area contributed by atoms with E-state index in [2.05, 4.69) is 5.32 Å². The van der Waals surface area contributed by atoms with Gasteiger partial charge in [0.25, 0.3) is 5.91 Å². The molecule has 0 aromatic heterocycles.